The van der Waals surface area contributed by atoms with Gasteiger partial charge in [-0.3, -0.25) is 9.59 Å². The predicted octanol–water partition coefficient (Wildman–Crippen LogP) is 4.56. The number of hydrogen-bond acceptors (Lipinski definition) is 3. The molecule has 33 heavy (non-hydrogen) atoms. The minimum Gasteiger partial charge on any atom is -0.368 e. The van der Waals surface area contributed by atoms with E-state index in [1.807, 2.05) is 28.0 Å². The van der Waals surface area contributed by atoms with Crippen molar-refractivity contribution in [1.29, 1.82) is 0 Å². The quantitative estimate of drug-likeness (QED) is 0.611. The summed E-state index contributed by atoms with van der Waals surface area (Å²) in [6, 6.07) is 7.63. The summed E-state index contributed by atoms with van der Waals surface area (Å²) in [5.41, 5.74) is 0.773. The first-order chi connectivity index (χ1) is 15.7. The van der Waals surface area contributed by atoms with E-state index in [0.29, 0.717) is 43.4 Å². The van der Waals surface area contributed by atoms with Crippen LogP contribution in [-0.2, 0) is 12.7 Å². The number of halogens is 4. The third-order valence-electron chi connectivity index (χ3n) is 6.20. The largest absolute Gasteiger partial charge is 0.417 e. The molecule has 0 saturated carbocycles. The number of unbranched alkanes of at least 4 members (excludes halogenated alkanes) is 1. The number of amides is 2. The Balaban J connectivity index is 1.44. The molecule has 0 N–H and O–H groups in total. The monoisotopic (exact) mass is 463 g/mol. The number of alkyl halides is 3. The van der Waals surface area contributed by atoms with Gasteiger partial charge in [0.15, 0.2) is 0 Å². The fourth-order valence-electron chi connectivity index (χ4n) is 4.37. The van der Waals surface area contributed by atoms with Gasteiger partial charge in [-0.1, -0.05) is 13.3 Å². The fourth-order valence-corrected chi connectivity index (χ4v) is 4.37. The average molecular weight is 463 g/mol. The molecule has 0 radical (unpaired) electrons. The van der Waals surface area contributed by atoms with E-state index in [1.165, 1.54) is 4.90 Å². The van der Waals surface area contributed by atoms with E-state index in [0.717, 1.165) is 30.6 Å². The van der Waals surface area contributed by atoms with Gasteiger partial charge in [-0.15, -0.1) is 0 Å². The molecule has 5 nitrogen and oxygen atoms in total. The molecule has 0 aromatic heterocycles. The van der Waals surface area contributed by atoms with Crippen LogP contribution in [0.5, 0.6) is 0 Å². The molecule has 2 aliphatic heterocycles. The lowest BCUT2D eigenvalue weighted by Gasteiger charge is -2.36. The summed E-state index contributed by atoms with van der Waals surface area (Å²) < 4.78 is 53.5. The van der Waals surface area contributed by atoms with Crippen molar-refractivity contribution in [3.05, 3.63) is 64.5 Å². The first-order valence-corrected chi connectivity index (χ1v) is 11.0. The van der Waals surface area contributed by atoms with Gasteiger partial charge in [-0.05, 0) is 48.4 Å². The van der Waals surface area contributed by atoms with Crippen LogP contribution in [0.2, 0.25) is 0 Å². The zero-order valence-electron chi connectivity index (χ0n) is 18.3. The van der Waals surface area contributed by atoms with Crippen LogP contribution in [-0.4, -0.2) is 54.3 Å². The normalized spacial score (nSPS) is 16.4. The summed E-state index contributed by atoms with van der Waals surface area (Å²) in [7, 11) is 0. The number of hydrogen-bond donors (Lipinski definition) is 0. The lowest BCUT2D eigenvalue weighted by molar-refractivity contribution is -0.138. The molecular formula is C24H25F4N3O2. The number of benzene rings is 2. The first kappa shape index (κ1) is 23.1. The third-order valence-corrected chi connectivity index (χ3v) is 6.20. The number of rotatable bonds is 5. The molecule has 1 fully saturated rings. The van der Waals surface area contributed by atoms with Crippen LogP contribution in [0.1, 0.15) is 51.6 Å². The SMILES string of the molecule is CCCCN1Cc2cc(N3CCN(C(=O)c4cc(F)ccc4C(F)(F)F)CC3)ccc2C1=O. The second-order valence-electron chi connectivity index (χ2n) is 8.39. The van der Waals surface area contributed by atoms with Crippen LogP contribution in [0.3, 0.4) is 0 Å². The van der Waals surface area contributed by atoms with Crippen molar-refractivity contribution in [1.82, 2.24) is 9.80 Å². The van der Waals surface area contributed by atoms with Crippen molar-refractivity contribution in [2.45, 2.75) is 32.5 Å². The van der Waals surface area contributed by atoms with E-state index < -0.39 is 29.0 Å². The molecule has 0 spiro atoms. The minimum absolute atomic E-state index is 0.0379. The summed E-state index contributed by atoms with van der Waals surface area (Å²) in [6.07, 6.45) is -2.79. The molecule has 0 bridgehead atoms. The van der Waals surface area contributed by atoms with Crippen molar-refractivity contribution < 1.29 is 27.2 Å². The maximum atomic E-state index is 13.6. The van der Waals surface area contributed by atoms with Gasteiger partial charge in [0.2, 0.25) is 0 Å². The Morgan fingerprint density at radius 3 is 2.42 bits per heavy atom. The van der Waals surface area contributed by atoms with E-state index >= 15 is 0 Å². The highest BCUT2D eigenvalue weighted by molar-refractivity contribution is 5.99. The number of carbonyl (C=O) groups is 2. The lowest BCUT2D eigenvalue weighted by atomic mass is 10.0. The number of anilines is 1. The Hall–Kier alpha value is -3.10. The van der Waals surface area contributed by atoms with Crippen molar-refractivity contribution in [3.63, 3.8) is 0 Å². The van der Waals surface area contributed by atoms with Gasteiger partial charge >= 0.3 is 6.18 Å². The molecule has 2 heterocycles. The Labute approximate surface area is 189 Å². The zero-order chi connectivity index (χ0) is 23.8. The van der Waals surface area contributed by atoms with Crippen LogP contribution >= 0.6 is 0 Å². The molecule has 9 heteroatoms. The van der Waals surface area contributed by atoms with E-state index in [4.69, 9.17) is 0 Å². The van der Waals surface area contributed by atoms with Crippen LogP contribution in [0.15, 0.2) is 36.4 Å². The summed E-state index contributed by atoms with van der Waals surface area (Å²) in [4.78, 5) is 30.5. The molecule has 0 unspecified atom stereocenters. The van der Waals surface area contributed by atoms with Crippen molar-refractivity contribution in [2.75, 3.05) is 37.6 Å². The Morgan fingerprint density at radius 2 is 1.76 bits per heavy atom. The predicted molar refractivity (Wildman–Crippen MR) is 116 cm³/mol. The molecule has 2 aromatic carbocycles. The minimum atomic E-state index is -4.74. The molecule has 0 aliphatic carbocycles. The van der Waals surface area contributed by atoms with Gasteiger partial charge in [-0.2, -0.15) is 13.2 Å². The lowest BCUT2D eigenvalue weighted by Crippen LogP contribution is -2.49. The fraction of sp³-hybridized carbons (Fsp3) is 0.417. The zero-order valence-corrected chi connectivity index (χ0v) is 18.3. The standard InChI is InChI=1S/C24H25F4N3O2/c1-2-3-8-31-15-16-13-18(5-6-19(16)22(31)32)29-9-11-30(12-10-29)23(33)20-14-17(25)4-7-21(20)24(26,27)28/h4-7,13-14H,2-3,8-12,15H2,1H3. The van der Waals surface area contributed by atoms with Gasteiger partial charge in [0, 0.05) is 50.5 Å². The van der Waals surface area contributed by atoms with Gasteiger partial charge in [0.05, 0.1) is 11.1 Å². The summed E-state index contributed by atoms with van der Waals surface area (Å²) in [5.74, 6) is -1.67. The average Bonchev–Trinajstić information content (AvgIpc) is 3.11. The number of piperazine rings is 1. The highest BCUT2D eigenvalue weighted by Gasteiger charge is 2.37. The molecule has 0 atom stereocenters. The van der Waals surface area contributed by atoms with Crippen molar-refractivity contribution in [3.8, 4) is 0 Å². The number of carbonyl (C=O) groups excluding carboxylic acids is 2. The summed E-state index contributed by atoms with van der Waals surface area (Å²) in [5, 5.41) is 0. The van der Waals surface area contributed by atoms with Crippen LogP contribution in [0, 0.1) is 5.82 Å². The van der Waals surface area contributed by atoms with Gasteiger partial charge < -0.3 is 14.7 Å². The number of fused-ring (bicyclic) bond motifs is 1. The maximum Gasteiger partial charge on any atom is 0.417 e. The number of nitrogens with zero attached hydrogens (tertiary/aromatic N) is 3. The maximum absolute atomic E-state index is 13.6. The molecule has 2 aliphatic rings. The molecule has 4 rings (SSSR count). The molecule has 176 valence electrons. The van der Waals surface area contributed by atoms with E-state index in [1.54, 1.807) is 0 Å². The van der Waals surface area contributed by atoms with Crippen molar-refractivity contribution >= 4 is 17.5 Å². The smallest absolute Gasteiger partial charge is 0.368 e. The van der Waals surface area contributed by atoms with E-state index in [2.05, 4.69) is 6.92 Å². The third kappa shape index (κ3) is 4.67. The van der Waals surface area contributed by atoms with Gasteiger partial charge in [-0.25, -0.2) is 4.39 Å². The van der Waals surface area contributed by atoms with Gasteiger partial charge in [0.1, 0.15) is 5.82 Å². The Bertz CT molecular complexity index is 1060. The Kier molecular flexibility index (Phi) is 6.32. The molecule has 1 saturated heterocycles. The topological polar surface area (TPSA) is 43.9 Å². The second-order valence-corrected chi connectivity index (χ2v) is 8.39. The van der Waals surface area contributed by atoms with E-state index in [9.17, 15) is 27.2 Å². The van der Waals surface area contributed by atoms with Crippen molar-refractivity contribution in [2.24, 2.45) is 0 Å². The Morgan fingerprint density at radius 1 is 1.03 bits per heavy atom. The highest BCUT2D eigenvalue weighted by atomic mass is 19.4. The summed E-state index contributed by atoms with van der Waals surface area (Å²) >= 11 is 0. The highest BCUT2D eigenvalue weighted by Crippen LogP contribution is 2.33. The van der Waals surface area contributed by atoms with Crippen LogP contribution in [0.4, 0.5) is 23.2 Å². The summed E-state index contributed by atoms with van der Waals surface area (Å²) in [6.45, 7) is 4.65. The molecule has 2 aromatic rings. The first-order valence-electron chi connectivity index (χ1n) is 11.0. The van der Waals surface area contributed by atoms with Crippen LogP contribution in [0.25, 0.3) is 0 Å². The molecule has 2 amide bonds. The van der Waals surface area contributed by atoms with E-state index in [-0.39, 0.29) is 19.0 Å². The molecular weight excluding hydrogens is 438 g/mol. The van der Waals surface area contributed by atoms with Crippen LogP contribution < -0.4 is 4.90 Å². The van der Waals surface area contributed by atoms with Gasteiger partial charge in [0.25, 0.3) is 11.8 Å². The second kappa shape index (κ2) is 9.03.